The molecule has 1 saturated heterocycles. The molecule has 0 radical (unpaired) electrons. The minimum Gasteiger partial charge on any atom is -0.376 e. The van der Waals surface area contributed by atoms with Gasteiger partial charge in [0, 0.05) is 18.8 Å². The Balaban J connectivity index is 1.80. The molecule has 1 aliphatic heterocycles. The second kappa shape index (κ2) is 6.68. The fourth-order valence-corrected chi connectivity index (χ4v) is 1.91. The van der Waals surface area contributed by atoms with E-state index in [2.05, 4.69) is 10.6 Å². The zero-order valence-corrected chi connectivity index (χ0v) is 10.9. The summed E-state index contributed by atoms with van der Waals surface area (Å²) in [4.78, 5) is 23.2. The molecular formula is C14H15N3O3. The Kier molecular flexibility index (Phi) is 4.69. The summed E-state index contributed by atoms with van der Waals surface area (Å²) in [6.07, 6.45) is 1.89. The first-order valence-corrected chi connectivity index (χ1v) is 6.40. The van der Waals surface area contributed by atoms with Crippen LogP contribution in [0.2, 0.25) is 0 Å². The van der Waals surface area contributed by atoms with Crippen LogP contribution in [0.3, 0.4) is 0 Å². The molecule has 1 aromatic rings. The third kappa shape index (κ3) is 3.80. The molecule has 0 saturated carbocycles. The topological polar surface area (TPSA) is 91.2 Å². The molecule has 6 nitrogen and oxygen atoms in total. The zero-order valence-electron chi connectivity index (χ0n) is 10.9. The molecule has 2 rings (SSSR count). The molecule has 1 atom stereocenters. The monoisotopic (exact) mass is 273 g/mol. The lowest BCUT2D eigenvalue weighted by Crippen LogP contribution is -2.39. The summed E-state index contributed by atoms with van der Waals surface area (Å²) in [5.74, 6) is -1.42. The Bertz CT molecular complexity index is 528. The number of anilines is 1. The Labute approximate surface area is 116 Å². The fraction of sp³-hybridized carbons (Fsp3) is 0.357. The van der Waals surface area contributed by atoms with E-state index >= 15 is 0 Å². The largest absolute Gasteiger partial charge is 0.376 e. The van der Waals surface area contributed by atoms with Crippen LogP contribution in [-0.2, 0) is 14.3 Å². The van der Waals surface area contributed by atoms with Gasteiger partial charge in [0.05, 0.1) is 17.7 Å². The van der Waals surface area contributed by atoms with Crippen LogP contribution in [0.15, 0.2) is 24.3 Å². The predicted octanol–water partition coefficient (Wildman–Crippen LogP) is 0.792. The van der Waals surface area contributed by atoms with Gasteiger partial charge < -0.3 is 15.4 Å². The zero-order chi connectivity index (χ0) is 14.4. The van der Waals surface area contributed by atoms with Crippen LogP contribution < -0.4 is 10.6 Å². The van der Waals surface area contributed by atoms with E-state index in [9.17, 15) is 9.59 Å². The number of hydrogen-bond acceptors (Lipinski definition) is 4. The number of hydrogen-bond donors (Lipinski definition) is 2. The van der Waals surface area contributed by atoms with E-state index in [1.807, 2.05) is 6.07 Å². The Morgan fingerprint density at radius 1 is 1.30 bits per heavy atom. The number of ether oxygens (including phenoxy) is 1. The normalized spacial score (nSPS) is 17.2. The number of nitriles is 1. The van der Waals surface area contributed by atoms with Crippen LogP contribution in [-0.4, -0.2) is 31.1 Å². The summed E-state index contributed by atoms with van der Waals surface area (Å²) in [6, 6.07) is 8.26. The SMILES string of the molecule is N#Cc1ccc(NC(=O)C(=O)NC[C@@H]2CCCO2)cc1. The first-order valence-electron chi connectivity index (χ1n) is 6.40. The van der Waals surface area contributed by atoms with E-state index in [0.717, 1.165) is 12.8 Å². The van der Waals surface area contributed by atoms with Crippen molar-refractivity contribution in [2.45, 2.75) is 18.9 Å². The number of nitrogens with one attached hydrogen (secondary N) is 2. The molecule has 1 heterocycles. The van der Waals surface area contributed by atoms with Crippen LogP contribution >= 0.6 is 0 Å². The highest BCUT2D eigenvalue weighted by Gasteiger charge is 2.19. The van der Waals surface area contributed by atoms with E-state index in [1.165, 1.54) is 0 Å². The van der Waals surface area contributed by atoms with Gasteiger partial charge in [0.2, 0.25) is 0 Å². The Hall–Kier alpha value is -2.39. The van der Waals surface area contributed by atoms with Crippen molar-refractivity contribution >= 4 is 17.5 Å². The van der Waals surface area contributed by atoms with Gasteiger partial charge in [0.25, 0.3) is 0 Å². The third-order valence-corrected chi connectivity index (χ3v) is 2.99. The van der Waals surface area contributed by atoms with E-state index in [1.54, 1.807) is 24.3 Å². The molecule has 0 spiro atoms. The fourth-order valence-electron chi connectivity index (χ4n) is 1.91. The Morgan fingerprint density at radius 3 is 2.65 bits per heavy atom. The number of nitrogens with zero attached hydrogens (tertiary/aromatic N) is 1. The van der Waals surface area contributed by atoms with E-state index in [-0.39, 0.29) is 6.10 Å². The van der Waals surface area contributed by atoms with Crippen LogP contribution in [0.4, 0.5) is 5.69 Å². The Morgan fingerprint density at radius 2 is 2.05 bits per heavy atom. The number of carbonyl (C=O) groups excluding carboxylic acids is 2. The number of carbonyl (C=O) groups is 2. The van der Waals surface area contributed by atoms with Crippen molar-refractivity contribution in [3.63, 3.8) is 0 Å². The standard InChI is InChI=1S/C14H15N3O3/c15-8-10-3-5-11(6-4-10)17-14(19)13(18)16-9-12-2-1-7-20-12/h3-6,12H,1-2,7,9H2,(H,16,18)(H,17,19)/t12-/m0/s1. The highest BCUT2D eigenvalue weighted by atomic mass is 16.5. The van der Waals surface area contributed by atoms with Crippen molar-refractivity contribution < 1.29 is 14.3 Å². The van der Waals surface area contributed by atoms with Crippen molar-refractivity contribution in [3.05, 3.63) is 29.8 Å². The molecule has 2 N–H and O–H groups in total. The number of benzene rings is 1. The van der Waals surface area contributed by atoms with Crippen LogP contribution in [0.1, 0.15) is 18.4 Å². The smallest absolute Gasteiger partial charge is 0.313 e. The lowest BCUT2D eigenvalue weighted by molar-refractivity contribution is -0.136. The van der Waals surface area contributed by atoms with Crippen molar-refractivity contribution in [2.24, 2.45) is 0 Å². The molecule has 0 bridgehead atoms. The summed E-state index contributed by atoms with van der Waals surface area (Å²) in [5, 5.41) is 13.7. The van der Waals surface area contributed by atoms with E-state index in [0.29, 0.717) is 24.4 Å². The summed E-state index contributed by atoms with van der Waals surface area (Å²) in [7, 11) is 0. The second-order valence-corrected chi connectivity index (χ2v) is 4.49. The molecule has 0 aliphatic carbocycles. The summed E-state index contributed by atoms with van der Waals surface area (Å²) >= 11 is 0. The van der Waals surface area contributed by atoms with E-state index in [4.69, 9.17) is 10.00 Å². The average molecular weight is 273 g/mol. The minimum absolute atomic E-state index is 0.00154. The first kappa shape index (κ1) is 14.0. The van der Waals surface area contributed by atoms with Gasteiger partial charge in [-0.05, 0) is 37.1 Å². The van der Waals surface area contributed by atoms with E-state index < -0.39 is 11.8 Å². The first-order chi connectivity index (χ1) is 9.69. The predicted molar refractivity (Wildman–Crippen MR) is 71.8 cm³/mol. The maximum absolute atomic E-state index is 11.6. The molecule has 104 valence electrons. The summed E-state index contributed by atoms with van der Waals surface area (Å²) < 4.78 is 5.35. The van der Waals surface area contributed by atoms with Gasteiger partial charge in [0.15, 0.2) is 0 Å². The maximum atomic E-state index is 11.6. The van der Waals surface area contributed by atoms with Crippen LogP contribution in [0, 0.1) is 11.3 Å². The highest BCUT2D eigenvalue weighted by Crippen LogP contribution is 2.11. The van der Waals surface area contributed by atoms with Gasteiger partial charge in [-0.25, -0.2) is 0 Å². The van der Waals surface area contributed by atoms with Crippen LogP contribution in [0.25, 0.3) is 0 Å². The second-order valence-electron chi connectivity index (χ2n) is 4.49. The van der Waals surface area contributed by atoms with Crippen molar-refractivity contribution in [1.82, 2.24) is 5.32 Å². The number of rotatable bonds is 3. The quantitative estimate of drug-likeness (QED) is 0.797. The maximum Gasteiger partial charge on any atom is 0.313 e. The molecule has 1 aliphatic rings. The van der Waals surface area contributed by atoms with Crippen molar-refractivity contribution in [1.29, 1.82) is 5.26 Å². The molecule has 1 fully saturated rings. The van der Waals surface area contributed by atoms with Crippen molar-refractivity contribution in [2.75, 3.05) is 18.5 Å². The van der Waals surface area contributed by atoms with Gasteiger partial charge in [-0.2, -0.15) is 5.26 Å². The molecular weight excluding hydrogens is 258 g/mol. The molecule has 6 heteroatoms. The van der Waals surface area contributed by atoms with Gasteiger partial charge in [-0.3, -0.25) is 9.59 Å². The lowest BCUT2D eigenvalue weighted by Gasteiger charge is -2.10. The van der Waals surface area contributed by atoms with Gasteiger partial charge in [-0.15, -0.1) is 0 Å². The summed E-state index contributed by atoms with van der Waals surface area (Å²) in [5.41, 5.74) is 0.965. The minimum atomic E-state index is -0.729. The average Bonchev–Trinajstić information content (AvgIpc) is 2.98. The van der Waals surface area contributed by atoms with Crippen LogP contribution in [0.5, 0.6) is 0 Å². The molecule has 2 amide bonds. The number of amides is 2. The lowest BCUT2D eigenvalue weighted by atomic mass is 10.2. The molecule has 1 aromatic carbocycles. The molecule has 20 heavy (non-hydrogen) atoms. The van der Waals surface area contributed by atoms with Crippen molar-refractivity contribution in [3.8, 4) is 6.07 Å². The van der Waals surface area contributed by atoms with Gasteiger partial charge >= 0.3 is 11.8 Å². The summed E-state index contributed by atoms with van der Waals surface area (Å²) in [6.45, 7) is 1.05. The molecule has 0 unspecified atom stereocenters. The van der Waals surface area contributed by atoms with Gasteiger partial charge in [0.1, 0.15) is 0 Å². The van der Waals surface area contributed by atoms with Gasteiger partial charge in [-0.1, -0.05) is 0 Å². The highest BCUT2D eigenvalue weighted by molar-refractivity contribution is 6.39. The molecule has 0 aromatic heterocycles. The third-order valence-electron chi connectivity index (χ3n) is 2.99.